The van der Waals surface area contributed by atoms with E-state index in [1.165, 1.54) is 18.9 Å². The van der Waals surface area contributed by atoms with Crippen LogP contribution in [0.5, 0.6) is 0 Å². The summed E-state index contributed by atoms with van der Waals surface area (Å²) < 4.78 is 13.5. The van der Waals surface area contributed by atoms with Crippen LogP contribution in [0.4, 0.5) is 4.39 Å². The molecule has 0 unspecified atom stereocenters. The van der Waals surface area contributed by atoms with Crippen LogP contribution in [0.25, 0.3) is 0 Å². The predicted molar refractivity (Wildman–Crippen MR) is 71.4 cm³/mol. The Kier molecular flexibility index (Phi) is 4.35. The van der Waals surface area contributed by atoms with E-state index in [0.29, 0.717) is 5.56 Å². The second-order valence-corrected chi connectivity index (χ2v) is 4.61. The molecule has 0 radical (unpaired) electrons. The number of nitrogens with zero attached hydrogens (tertiary/aromatic N) is 1. The van der Waals surface area contributed by atoms with Gasteiger partial charge in [0.15, 0.2) is 0 Å². The molecule has 0 aromatic heterocycles. The van der Waals surface area contributed by atoms with Crippen LogP contribution < -0.4 is 5.73 Å². The third-order valence-electron chi connectivity index (χ3n) is 3.21. The molecule has 1 aromatic rings. The molecule has 0 atom stereocenters. The van der Waals surface area contributed by atoms with Gasteiger partial charge in [0.25, 0.3) is 0 Å². The highest BCUT2D eigenvalue weighted by Gasteiger charge is 2.27. The maximum absolute atomic E-state index is 13.5. The predicted octanol–water partition coefficient (Wildman–Crippen LogP) is 2.12. The van der Waals surface area contributed by atoms with Crippen molar-refractivity contribution >= 4 is 0 Å². The molecule has 3 heteroatoms. The molecule has 18 heavy (non-hydrogen) atoms. The van der Waals surface area contributed by atoms with Crippen LogP contribution in [-0.4, -0.2) is 24.0 Å². The van der Waals surface area contributed by atoms with Crippen LogP contribution >= 0.6 is 0 Å². The first-order chi connectivity index (χ1) is 8.74. The van der Waals surface area contributed by atoms with Crippen molar-refractivity contribution in [2.24, 2.45) is 5.73 Å². The SMILES string of the molecule is CCN(Cc1ccc(F)c(C#CCN)c1)C1CC1. The summed E-state index contributed by atoms with van der Waals surface area (Å²) in [4.78, 5) is 2.42. The summed E-state index contributed by atoms with van der Waals surface area (Å²) in [7, 11) is 0. The van der Waals surface area contributed by atoms with Gasteiger partial charge in [0, 0.05) is 12.6 Å². The van der Waals surface area contributed by atoms with Crippen molar-refractivity contribution < 1.29 is 4.39 Å². The van der Waals surface area contributed by atoms with Gasteiger partial charge in [0.1, 0.15) is 5.82 Å². The highest BCUT2D eigenvalue weighted by molar-refractivity contribution is 5.38. The van der Waals surface area contributed by atoms with E-state index in [9.17, 15) is 4.39 Å². The molecule has 0 aliphatic heterocycles. The van der Waals surface area contributed by atoms with Crippen molar-refractivity contribution in [3.8, 4) is 11.8 Å². The molecule has 0 amide bonds. The molecule has 0 spiro atoms. The van der Waals surface area contributed by atoms with Crippen LogP contribution in [0.15, 0.2) is 18.2 Å². The maximum Gasteiger partial charge on any atom is 0.138 e. The van der Waals surface area contributed by atoms with Crippen molar-refractivity contribution in [3.63, 3.8) is 0 Å². The van der Waals surface area contributed by atoms with Gasteiger partial charge in [0.05, 0.1) is 12.1 Å². The van der Waals surface area contributed by atoms with Crippen LogP contribution in [-0.2, 0) is 6.54 Å². The van der Waals surface area contributed by atoms with Crippen molar-refractivity contribution in [1.82, 2.24) is 4.90 Å². The molecule has 2 nitrogen and oxygen atoms in total. The van der Waals surface area contributed by atoms with Crippen LogP contribution in [0.2, 0.25) is 0 Å². The molecular weight excluding hydrogens is 227 g/mol. The molecule has 2 N–H and O–H groups in total. The monoisotopic (exact) mass is 246 g/mol. The van der Waals surface area contributed by atoms with E-state index in [1.54, 1.807) is 0 Å². The second-order valence-electron chi connectivity index (χ2n) is 4.61. The smallest absolute Gasteiger partial charge is 0.138 e. The standard InChI is InChI=1S/C15H19FN2/c1-2-18(14-6-7-14)11-12-5-8-15(16)13(10-12)4-3-9-17/h5,8,10,14H,2,6-7,9,11,17H2,1H3. The van der Waals surface area contributed by atoms with Crippen LogP contribution in [0, 0.1) is 17.7 Å². The van der Waals surface area contributed by atoms with Gasteiger partial charge in [-0.15, -0.1) is 0 Å². The minimum atomic E-state index is -0.269. The van der Waals surface area contributed by atoms with Crippen LogP contribution in [0.1, 0.15) is 30.9 Å². The zero-order chi connectivity index (χ0) is 13.0. The zero-order valence-corrected chi connectivity index (χ0v) is 10.7. The molecule has 0 saturated heterocycles. The highest BCUT2D eigenvalue weighted by Crippen LogP contribution is 2.28. The Balaban J connectivity index is 2.12. The number of rotatable bonds is 4. The molecule has 1 aromatic carbocycles. The fourth-order valence-electron chi connectivity index (χ4n) is 2.09. The van der Waals surface area contributed by atoms with E-state index in [1.807, 2.05) is 12.1 Å². The first-order valence-electron chi connectivity index (χ1n) is 6.46. The average molecular weight is 246 g/mol. The summed E-state index contributed by atoms with van der Waals surface area (Å²) in [6.45, 7) is 4.33. The van der Waals surface area contributed by atoms with Gasteiger partial charge in [-0.25, -0.2) is 4.39 Å². The highest BCUT2D eigenvalue weighted by atomic mass is 19.1. The fourth-order valence-corrected chi connectivity index (χ4v) is 2.09. The number of benzene rings is 1. The molecule has 1 saturated carbocycles. The van der Waals surface area contributed by atoms with E-state index in [-0.39, 0.29) is 12.4 Å². The lowest BCUT2D eigenvalue weighted by Crippen LogP contribution is -2.25. The first-order valence-corrected chi connectivity index (χ1v) is 6.46. The maximum atomic E-state index is 13.5. The molecule has 1 aliphatic carbocycles. The van der Waals surface area contributed by atoms with E-state index < -0.39 is 0 Å². The Morgan fingerprint density at radius 2 is 2.22 bits per heavy atom. The quantitative estimate of drug-likeness (QED) is 0.825. The van der Waals surface area contributed by atoms with E-state index in [0.717, 1.165) is 24.7 Å². The summed E-state index contributed by atoms with van der Waals surface area (Å²) in [6.07, 6.45) is 2.57. The van der Waals surface area contributed by atoms with Gasteiger partial charge in [0.2, 0.25) is 0 Å². The van der Waals surface area contributed by atoms with Crippen LogP contribution in [0.3, 0.4) is 0 Å². The Hall–Kier alpha value is -1.37. The Morgan fingerprint density at radius 1 is 1.44 bits per heavy atom. The zero-order valence-electron chi connectivity index (χ0n) is 10.7. The van der Waals surface area contributed by atoms with Gasteiger partial charge in [-0.1, -0.05) is 24.8 Å². The van der Waals surface area contributed by atoms with E-state index >= 15 is 0 Å². The largest absolute Gasteiger partial charge is 0.320 e. The minimum Gasteiger partial charge on any atom is -0.320 e. The van der Waals surface area contributed by atoms with Crippen molar-refractivity contribution in [2.45, 2.75) is 32.4 Å². The third kappa shape index (κ3) is 3.32. The Labute approximate surface area is 108 Å². The normalized spacial score (nSPS) is 14.4. The van der Waals surface area contributed by atoms with Crippen molar-refractivity contribution in [2.75, 3.05) is 13.1 Å². The first kappa shape index (κ1) is 13.1. The topological polar surface area (TPSA) is 29.3 Å². The molecule has 1 fully saturated rings. The number of halogens is 1. The number of hydrogen-bond donors (Lipinski definition) is 1. The van der Waals surface area contributed by atoms with Gasteiger partial charge < -0.3 is 5.73 Å². The number of nitrogens with two attached hydrogens (primary N) is 1. The van der Waals surface area contributed by atoms with Gasteiger partial charge in [-0.05, 0) is 37.1 Å². The Bertz CT molecular complexity index is 469. The fraction of sp³-hybridized carbons (Fsp3) is 0.467. The van der Waals surface area contributed by atoms with Gasteiger partial charge in [-0.2, -0.15) is 0 Å². The molecule has 0 heterocycles. The molecular formula is C15H19FN2. The molecule has 1 aliphatic rings. The molecule has 2 rings (SSSR count). The van der Waals surface area contributed by atoms with Gasteiger partial charge in [-0.3, -0.25) is 4.90 Å². The molecule has 96 valence electrons. The Morgan fingerprint density at radius 3 is 2.83 bits per heavy atom. The third-order valence-corrected chi connectivity index (χ3v) is 3.21. The molecule has 0 bridgehead atoms. The lowest BCUT2D eigenvalue weighted by molar-refractivity contribution is 0.269. The lowest BCUT2D eigenvalue weighted by Gasteiger charge is -2.19. The summed E-state index contributed by atoms with van der Waals surface area (Å²) in [5, 5.41) is 0. The van der Waals surface area contributed by atoms with E-state index in [4.69, 9.17) is 5.73 Å². The summed E-state index contributed by atoms with van der Waals surface area (Å²) in [6, 6.07) is 5.90. The minimum absolute atomic E-state index is 0.257. The van der Waals surface area contributed by atoms with Gasteiger partial charge >= 0.3 is 0 Å². The summed E-state index contributed by atoms with van der Waals surface area (Å²) in [5.41, 5.74) is 6.88. The van der Waals surface area contributed by atoms with E-state index in [2.05, 4.69) is 23.7 Å². The lowest BCUT2D eigenvalue weighted by atomic mass is 10.1. The average Bonchev–Trinajstić information content (AvgIpc) is 3.20. The second kappa shape index (κ2) is 5.99. The summed E-state index contributed by atoms with van der Waals surface area (Å²) in [5.74, 6) is 5.21. The number of hydrogen-bond acceptors (Lipinski definition) is 2. The van der Waals surface area contributed by atoms with Crippen molar-refractivity contribution in [3.05, 3.63) is 35.1 Å². The van der Waals surface area contributed by atoms with Crippen molar-refractivity contribution in [1.29, 1.82) is 0 Å². The summed E-state index contributed by atoms with van der Waals surface area (Å²) >= 11 is 0.